The van der Waals surface area contributed by atoms with E-state index in [1.54, 1.807) is 14.2 Å². The monoisotopic (exact) mass is 840 g/mol. The van der Waals surface area contributed by atoms with Crippen molar-refractivity contribution in [3.63, 3.8) is 0 Å². The Morgan fingerprint density at radius 2 is 0.729 bits per heavy atom. The zero-order valence-corrected chi connectivity index (χ0v) is 41.7. The van der Waals surface area contributed by atoms with E-state index in [-0.39, 0.29) is 0 Å². The first-order valence-corrected chi connectivity index (χ1v) is 26.1. The Bertz CT molecular complexity index is 679. The normalized spacial score (nSPS) is 11.3. The van der Waals surface area contributed by atoms with Crippen molar-refractivity contribution in [3.05, 3.63) is 0 Å². The zero-order chi connectivity index (χ0) is 44.1. The largest absolute Gasteiger partial charge is 0.385 e. The lowest BCUT2D eigenvalue weighted by Crippen LogP contribution is -2.21. The predicted octanol–water partition coefficient (Wildman–Crippen LogP) is 16.0. The molecule has 0 aliphatic heterocycles. The van der Waals surface area contributed by atoms with Crippen LogP contribution in [0.4, 0.5) is 0 Å². The smallest absolute Gasteiger partial charge is 0.120 e. The van der Waals surface area contributed by atoms with Gasteiger partial charge in [-0.05, 0) is 57.5 Å². The Kier molecular flexibility index (Phi) is 60.5. The molecule has 0 spiro atoms. The third-order valence-electron chi connectivity index (χ3n) is 12.0. The first-order chi connectivity index (χ1) is 28.9. The van der Waals surface area contributed by atoms with Gasteiger partial charge >= 0.3 is 0 Å². The summed E-state index contributed by atoms with van der Waals surface area (Å²) in [5, 5.41) is 0. The second-order valence-corrected chi connectivity index (χ2v) is 17.8. The summed E-state index contributed by atoms with van der Waals surface area (Å²) in [6.45, 7) is 16.2. The van der Waals surface area contributed by atoms with Crippen molar-refractivity contribution in [2.24, 2.45) is 11.8 Å². The molecule has 0 saturated heterocycles. The van der Waals surface area contributed by atoms with E-state index in [2.05, 4.69) is 46.6 Å². The summed E-state index contributed by atoms with van der Waals surface area (Å²) in [5.74, 6) is 1.34. The maximum atomic E-state index is 10.5. The van der Waals surface area contributed by atoms with Gasteiger partial charge in [0.15, 0.2) is 0 Å². The van der Waals surface area contributed by atoms with Gasteiger partial charge in [-0.15, -0.1) is 0 Å². The molecule has 356 valence electrons. The standard InChI is InChI=1S/C27H57NO3.2C13H26O/c1-5-28(2)23-20-26-31-27(21-16-12-8-6-10-14-18-24-29-3)22-17-13-9-7-11-15-19-25-30-4;2*1-3-5-7-9-13(11-12-14)10-8-6-4-2/h27H,5-26H2,1-4H3;2*12-13H,3-11H2,1-2H3. The number of methoxy groups -OCH3 is 2. The van der Waals surface area contributed by atoms with Gasteiger partial charge in [-0.3, -0.25) is 0 Å². The lowest BCUT2D eigenvalue weighted by Gasteiger charge is -2.19. The van der Waals surface area contributed by atoms with Crippen molar-refractivity contribution in [1.82, 2.24) is 4.90 Å². The molecule has 0 saturated carbocycles. The van der Waals surface area contributed by atoms with Crippen molar-refractivity contribution in [2.75, 3.05) is 54.2 Å². The van der Waals surface area contributed by atoms with Crippen LogP contribution in [0.25, 0.3) is 0 Å². The van der Waals surface area contributed by atoms with Crippen LogP contribution < -0.4 is 0 Å². The second-order valence-electron chi connectivity index (χ2n) is 17.8. The summed E-state index contributed by atoms with van der Waals surface area (Å²) in [7, 11) is 5.79. The molecule has 0 radical (unpaired) electrons. The molecule has 6 heteroatoms. The molecule has 0 N–H and O–H groups in total. The SMILES string of the molecule is CCCCCC(CC=O)CCCCC.CCCCCC(CC=O)CCCCC.CCN(C)CCCOC(CCCCCCCCCOC)CCCCCCCCCOC. The summed E-state index contributed by atoms with van der Waals surface area (Å²) in [6.07, 6.45) is 47.3. The Hall–Kier alpha value is -0.820. The maximum absolute atomic E-state index is 10.5. The van der Waals surface area contributed by atoms with E-state index in [9.17, 15) is 9.59 Å². The van der Waals surface area contributed by atoms with Gasteiger partial charge in [-0.25, -0.2) is 0 Å². The summed E-state index contributed by atoms with van der Waals surface area (Å²) in [5.41, 5.74) is 0. The minimum absolute atomic E-state index is 0.482. The van der Waals surface area contributed by atoms with Crippen LogP contribution >= 0.6 is 0 Å². The summed E-state index contributed by atoms with van der Waals surface area (Å²) in [6, 6.07) is 0. The highest BCUT2D eigenvalue weighted by molar-refractivity contribution is 5.49. The topological polar surface area (TPSA) is 65.1 Å². The molecule has 0 aromatic rings. The molecule has 0 fully saturated rings. The van der Waals surface area contributed by atoms with Crippen molar-refractivity contribution in [3.8, 4) is 0 Å². The van der Waals surface area contributed by atoms with Crippen LogP contribution in [0.3, 0.4) is 0 Å². The van der Waals surface area contributed by atoms with E-state index in [1.165, 1.54) is 205 Å². The Morgan fingerprint density at radius 1 is 0.407 bits per heavy atom. The van der Waals surface area contributed by atoms with E-state index in [0.29, 0.717) is 17.9 Å². The number of hydrogen-bond acceptors (Lipinski definition) is 6. The lowest BCUT2D eigenvalue weighted by molar-refractivity contribution is -0.109. The molecule has 0 amide bonds. The van der Waals surface area contributed by atoms with Gasteiger partial charge in [0.05, 0.1) is 6.10 Å². The number of hydrogen-bond donors (Lipinski definition) is 0. The number of rotatable bonds is 46. The fourth-order valence-corrected chi connectivity index (χ4v) is 7.82. The Labute approximate surface area is 371 Å². The fourth-order valence-electron chi connectivity index (χ4n) is 7.82. The van der Waals surface area contributed by atoms with Crippen LogP contribution in [-0.4, -0.2) is 77.8 Å². The quantitative estimate of drug-likeness (QED) is 0.0449. The zero-order valence-electron chi connectivity index (χ0n) is 41.7. The molecule has 0 aliphatic carbocycles. The molecule has 0 aromatic carbocycles. The van der Waals surface area contributed by atoms with Crippen LogP contribution in [0.15, 0.2) is 0 Å². The minimum Gasteiger partial charge on any atom is -0.385 e. The third kappa shape index (κ3) is 55.2. The van der Waals surface area contributed by atoms with Gasteiger partial charge in [0.1, 0.15) is 12.6 Å². The van der Waals surface area contributed by atoms with Gasteiger partial charge in [0.2, 0.25) is 0 Å². The highest BCUT2D eigenvalue weighted by atomic mass is 16.5. The molecule has 0 unspecified atom stereocenters. The van der Waals surface area contributed by atoms with Crippen LogP contribution in [0.1, 0.15) is 259 Å². The maximum Gasteiger partial charge on any atom is 0.120 e. The van der Waals surface area contributed by atoms with E-state index in [0.717, 1.165) is 64.7 Å². The van der Waals surface area contributed by atoms with E-state index >= 15 is 0 Å². The molecule has 0 rings (SSSR count). The summed E-state index contributed by atoms with van der Waals surface area (Å²) < 4.78 is 16.6. The number of ether oxygens (including phenoxy) is 3. The van der Waals surface area contributed by atoms with Gasteiger partial charge < -0.3 is 28.7 Å². The van der Waals surface area contributed by atoms with Crippen LogP contribution in [0.2, 0.25) is 0 Å². The first kappa shape index (κ1) is 62.5. The average Bonchev–Trinajstić information content (AvgIpc) is 3.24. The van der Waals surface area contributed by atoms with Crippen molar-refractivity contribution < 1.29 is 23.8 Å². The first-order valence-electron chi connectivity index (χ1n) is 26.1. The third-order valence-corrected chi connectivity index (χ3v) is 12.0. The Balaban J connectivity index is -0.000000924. The van der Waals surface area contributed by atoms with E-state index in [1.807, 2.05) is 0 Å². The fraction of sp³-hybridized carbons (Fsp3) is 0.962. The molecule has 0 aromatic heterocycles. The van der Waals surface area contributed by atoms with Crippen molar-refractivity contribution >= 4 is 12.6 Å². The van der Waals surface area contributed by atoms with E-state index in [4.69, 9.17) is 14.2 Å². The average molecular weight is 840 g/mol. The molecular weight excluding hydrogens is 731 g/mol. The molecule has 0 heterocycles. The molecule has 0 bridgehead atoms. The van der Waals surface area contributed by atoms with Gasteiger partial charge in [0.25, 0.3) is 0 Å². The highest BCUT2D eigenvalue weighted by Gasteiger charge is 2.10. The van der Waals surface area contributed by atoms with Crippen LogP contribution in [0, 0.1) is 11.8 Å². The van der Waals surface area contributed by atoms with Gasteiger partial charge in [0, 0.05) is 53.4 Å². The summed E-state index contributed by atoms with van der Waals surface area (Å²) >= 11 is 0. The number of carbonyl (C=O) groups is 2. The second kappa shape index (κ2) is 57.2. The van der Waals surface area contributed by atoms with Crippen LogP contribution in [0.5, 0.6) is 0 Å². The number of nitrogens with zero attached hydrogens (tertiary/aromatic N) is 1. The molecule has 59 heavy (non-hydrogen) atoms. The number of carbonyl (C=O) groups excluding carboxylic acids is 2. The van der Waals surface area contributed by atoms with Crippen LogP contribution in [-0.2, 0) is 23.8 Å². The number of aldehydes is 2. The molecule has 0 atom stereocenters. The van der Waals surface area contributed by atoms with Crippen molar-refractivity contribution in [1.29, 1.82) is 0 Å². The highest BCUT2D eigenvalue weighted by Crippen LogP contribution is 2.21. The van der Waals surface area contributed by atoms with E-state index < -0.39 is 0 Å². The number of unbranched alkanes of at least 4 members (excludes halogenated alkanes) is 20. The molecule has 0 aliphatic rings. The molecule has 6 nitrogen and oxygen atoms in total. The lowest BCUT2D eigenvalue weighted by atomic mass is 9.93. The van der Waals surface area contributed by atoms with Gasteiger partial charge in [-0.1, -0.05) is 214 Å². The molecular formula is C53H109NO5. The predicted molar refractivity (Wildman–Crippen MR) is 260 cm³/mol. The Morgan fingerprint density at radius 3 is 1.03 bits per heavy atom. The van der Waals surface area contributed by atoms with Gasteiger partial charge in [-0.2, -0.15) is 0 Å². The van der Waals surface area contributed by atoms with Crippen molar-refractivity contribution in [2.45, 2.75) is 265 Å². The minimum atomic E-state index is 0.482. The summed E-state index contributed by atoms with van der Waals surface area (Å²) in [4.78, 5) is 23.3.